The molecule has 1 N–H and O–H groups in total. The number of aromatic nitrogens is 2. The SMILES string of the molecule is CCCN(CC1CC1)c1c(CNC2CC2)c(C)nn1C. The molecule has 0 atom stereocenters. The zero-order chi connectivity index (χ0) is 14.1. The van der Waals surface area contributed by atoms with Gasteiger partial charge in [-0.2, -0.15) is 5.10 Å². The minimum absolute atomic E-state index is 0.755. The summed E-state index contributed by atoms with van der Waals surface area (Å²) in [4.78, 5) is 2.57. The molecule has 3 rings (SSSR count). The third kappa shape index (κ3) is 3.17. The Morgan fingerprint density at radius 2 is 2.05 bits per heavy atom. The first-order valence-electron chi connectivity index (χ1n) is 8.19. The van der Waals surface area contributed by atoms with Crippen LogP contribution in [0.2, 0.25) is 0 Å². The summed E-state index contributed by atoms with van der Waals surface area (Å²) in [6.45, 7) is 7.75. The van der Waals surface area contributed by atoms with Gasteiger partial charge in [0.25, 0.3) is 0 Å². The van der Waals surface area contributed by atoms with Gasteiger partial charge in [-0.25, -0.2) is 0 Å². The summed E-state index contributed by atoms with van der Waals surface area (Å²) >= 11 is 0. The molecule has 4 heteroatoms. The second-order valence-corrected chi connectivity index (χ2v) is 6.56. The Labute approximate surface area is 122 Å². The molecule has 1 aromatic rings. The minimum Gasteiger partial charge on any atom is -0.356 e. The van der Waals surface area contributed by atoms with E-state index in [0.717, 1.165) is 25.0 Å². The highest BCUT2D eigenvalue weighted by Crippen LogP contribution is 2.33. The fourth-order valence-corrected chi connectivity index (χ4v) is 2.99. The molecule has 0 saturated heterocycles. The molecule has 2 aliphatic carbocycles. The van der Waals surface area contributed by atoms with Crippen LogP contribution < -0.4 is 10.2 Å². The van der Waals surface area contributed by atoms with E-state index in [1.807, 2.05) is 0 Å². The van der Waals surface area contributed by atoms with Gasteiger partial charge in [-0.3, -0.25) is 4.68 Å². The molecule has 2 aliphatic rings. The van der Waals surface area contributed by atoms with E-state index in [0.29, 0.717) is 0 Å². The van der Waals surface area contributed by atoms with E-state index in [1.54, 1.807) is 0 Å². The molecule has 0 radical (unpaired) electrons. The Kier molecular flexibility index (Phi) is 4.01. The summed E-state index contributed by atoms with van der Waals surface area (Å²) < 4.78 is 2.09. The zero-order valence-corrected chi connectivity index (χ0v) is 13.2. The predicted molar refractivity (Wildman–Crippen MR) is 83.0 cm³/mol. The van der Waals surface area contributed by atoms with Crippen molar-refractivity contribution in [3.05, 3.63) is 11.3 Å². The largest absolute Gasteiger partial charge is 0.356 e. The summed E-state index contributed by atoms with van der Waals surface area (Å²) in [5.74, 6) is 2.27. The molecule has 0 aromatic carbocycles. The Morgan fingerprint density at radius 1 is 1.30 bits per heavy atom. The molecule has 112 valence electrons. The van der Waals surface area contributed by atoms with Gasteiger partial charge in [0.15, 0.2) is 0 Å². The van der Waals surface area contributed by atoms with Gasteiger partial charge in [0.2, 0.25) is 0 Å². The monoisotopic (exact) mass is 276 g/mol. The topological polar surface area (TPSA) is 33.1 Å². The lowest BCUT2D eigenvalue weighted by Gasteiger charge is -2.25. The van der Waals surface area contributed by atoms with Gasteiger partial charge in [0.1, 0.15) is 5.82 Å². The lowest BCUT2D eigenvalue weighted by molar-refractivity contribution is 0.646. The van der Waals surface area contributed by atoms with Crippen molar-refractivity contribution < 1.29 is 0 Å². The number of hydrogen-bond donors (Lipinski definition) is 1. The van der Waals surface area contributed by atoms with Crippen molar-refractivity contribution >= 4 is 5.82 Å². The van der Waals surface area contributed by atoms with E-state index in [9.17, 15) is 0 Å². The predicted octanol–water partition coefficient (Wildman–Crippen LogP) is 2.61. The van der Waals surface area contributed by atoms with E-state index < -0.39 is 0 Å². The van der Waals surface area contributed by atoms with Crippen molar-refractivity contribution in [1.29, 1.82) is 0 Å². The fraction of sp³-hybridized carbons (Fsp3) is 0.812. The van der Waals surface area contributed by atoms with E-state index in [-0.39, 0.29) is 0 Å². The van der Waals surface area contributed by atoms with Crippen LogP contribution in [0.5, 0.6) is 0 Å². The molecule has 1 heterocycles. The number of rotatable bonds is 8. The van der Waals surface area contributed by atoms with Gasteiger partial charge < -0.3 is 10.2 Å². The van der Waals surface area contributed by atoms with Crippen LogP contribution in [-0.2, 0) is 13.6 Å². The lowest BCUT2D eigenvalue weighted by Crippen LogP contribution is -2.30. The van der Waals surface area contributed by atoms with Gasteiger partial charge in [-0.1, -0.05) is 6.92 Å². The number of nitrogens with zero attached hydrogens (tertiary/aromatic N) is 3. The molecular weight excluding hydrogens is 248 g/mol. The van der Waals surface area contributed by atoms with Crippen molar-refractivity contribution in [3.8, 4) is 0 Å². The minimum atomic E-state index is 0.755. The molecule has 2 fully saturated rings. The average Bonchev–Trinajstić information content (AvgIpc) is 3.28. The highest BCUT2D eigenvalue weighted by molar-refractivity contribution is 5.50. The molecule has 0 amide bonds. The van der Waals surface area contributed by atoms with Crippen LogP contribution in [0.4, 0.5) is 5.82 Å². The summed E-state index contributed by atoms with van der Waals surface area (Å²) in [5.41, 5.74) is 2.60. The van der Waals surface area contributed by atoms with E-state index in [2.05, 4.69) is 40.9 Å². The average molecular weight is 276 g/mol. The first kappa shape index (κ1) is 13.9. The molecule has 4 nitrogen and oxygen atoms in total. The summed E-state index contributed by atoms with van der Waals surface area (Å²) in [6.07, 6.45) is 6.70. The maximum atomic E-state index is 4.68. The van der Waals surface area contributed by atoms with E-state index in [1.165, 1.54) is 55.7 Å². The van der Waals surface area contributed by atoms with Crippen LogP contribution in [0, 0.1) is 12.8 Å². The molecule has 20 heavy (non-hydrogen) atoms. The van der Waals surface area contributed by atoms with Crippen molar-refractivity contribution in [1.82, 2.24) is 15.1 Å². The Hall–Kier alpha value is -1.03. The Morgan fingerprint density at radius 3 is 2.65 bits per heavy atom. The Bertz CT molecular complexity index is 457. The number of anilines is 1. The first-order valence-corrected chi connectivity index (χ1v) is 8.19. The molecule has 0 bridgehead atoms. The maximum absolute atomic E-state index is 4.68. The van der Waals surface area contributed by atoms with Crippen LogP contribution in [0.15, 0.2) is 0 Å². The molecule has 1 aromatic heterocycles. The highest BCUT2D eigenvalue weighted by atomic mass is 15.4. The number of hydrogen-bond acceptors (Lipinski definition) is 3. The number of aryl methyl sites for hydroxylation is 2. The second-order valence-electron chi connectivity index (χ2n) is 6.56. The van der Waals surface area contributed by atoms with Crippen LogP contribution in [-0.4, -0.2) is 28.9 Å². The summed E-state index contributed by atoms with van der Waals surface area (Å²) in [6, 6.07) is 0.755. The fourth-order valence-electron chi connectivity index (χ4n) is 2.99. The van der Waals surface area contributed by atoms with Gasteiger partial charge in [-0.15, -0.1) is 0 Å². The third-order valence-electron chi connectivity index (χ3n) is 4.43. The third-order valence-corrected chi connectivity index (χ3v) is 4.43. The lowest BCUT2D eigenvalue weighted by atomic mass is 10.2. The van der Waals surface area contributed by atoms with Crippen LogP contribution in [0.1, 0.15) is 50.3 Å². The van der Waals surface area contributed by atoms with Crippen molar-refractivity contribution in [3.63, 3.8) is 0 Å². The number of nitrogens with one attached hydrogen (secondary N) is 1. The van der Waals surface area contributed by atoms with Crippen LogP contribution in [0.25, 0.3) is 0 Å². The van der Waals surface area contributed by atoms with Crippen molar-refractivity contribution in [2.75, 3.05) is 18.0 Å². The quantitative estimate of drug-likeness (QED) is 0.792. The smallest absolute Gasteiger partial charge is 0.131 e. The molecular formula is C16H28N4. The summed E-state index contributed by atoms with van der Waals surface area (Å²) in [5, 5.41) is 8.33. The zero-order valence-electron chi connectivity index (χ0n) is 13.2. The standard InChI is InChI=1S/C16H28N4/c1-4-9-20(11-13-5-6-13)16-15(10-17-14-7-8-14)12(2)18-19(16)3/h13-14,17H,4-11H2,1-3H3. The molecule has 2 saturated carbocycles. The second kappa shape index (κ2) is 5.76. The highest BCUT2D eigenvalue weighted by Gasteiger charge is 2.28. The van der Waals surface area contributed by atoms with Gasteiger partial charge in [0, 0.05) is 38.3 Å². The van der Waals surface area contributed by atoms with Crippen molar-refractivity contribution in [2.45, 2.75) is 58.5 Å². The van der Waals surface area contributed by atoms with Crippen LogP contribution in [0.3, 0.4) is 0 Å². The van der Waals surface area contributed by atoms with Crippen LogP contribution >= 0.6 is 0 Å². The first-order chi connectivity index (χ1) is 9.69. The molecule has 0 unspecified atom stereocenters. The van der Waals surface area contributed by atoms with E-state index >= 15 is 0 Å². The normalized spacial score (nSPS) is 18.6. The Balaban J connectivity index is 1.79. The van der Waals surface area contributed by atoms with Gasteiger partial charge in [-0.05, 0) is 44.9 Å². The maximum Gasteiger partial charge on any atom is 0.131 e. The van der Waals surface area contributed by atoms with Gasteiger partial charge >= 0.3 is 0 Å². The summed E-state index contributed by atoms with van der Waals surface area (Å²) in [7, 11) is 2.10. The van der Waals surface area contributed by atoms with Gasteiger partial charge in [0.05, 0.1) is 5.69 Å². The van der Waals surface area contributed by atoms with Crippen molar-refractivity contribution in [2.24, 2.45) is 13.0 Å². The molecule has 0 aliphatic heterocycles. The van der Waals surface area contributed by atoms with E-state index in [4.69, 9.17) is 0 Å². The molecule has 0 spiro atoms.